The summed E-state index contributed by atoms with van der Waals surface area (Å²) in [6, 6.07) is 8.79. The lowest BCUT2D eigenvalue weighted by molar-refractivity contribution is -0.143. The van der Waals surface area contributed by atoms with E-state index in [4.69, 9.17) is 9.15 Å². The van der Waals surface area contributed by atoms with Crippen molar-refractivity contribution < 1.29 is 18.7 Å². The zero-order valence-corrected chi connectivity index (χ0v) is 16.6. The van der Waals surface area contributed by atoms with Gasteiger partial charge < -0.3 is 14.5 Å². The second-order valence-electron chi connectivity index (χ2n) is 6.62. The number of furan rings is 1. The van der Waals surface area contributed by atoms with Gasteiger partial charge in [0.05, 0.1) is 7.11 Å². The monoisotopic (exact) mass is 391 g/mol. The van der Waals surface area contributed by atoms with Crippen LogP contribution in [0.25, 0.3) is 0 Å². The van der Waals surface area contributed by atoms with E-state index in [1.807, 2.05) is 45.9 Å². The standard InChI is InChI=1S/C20H25NO4S.CH4/c1-12(2)11-15(20(23)24-5)21-19(22)16-9-10-17(25-16)26-18-13(3)7-6-8-14(18)4;/h6-10,12,15H,11H2,1-5H3,(H,21,22);1H4. The maximum atomic E-state index is 12.4. The molecule has 1 atom stereocenters. The highest BCUT2D eigenvalue weighted by molar-refractivity contribution is 7.99. The molecule has 0 radical (unpaired) electrons. The van der Waals surface area contributed by atoms with E-state index in [0.29, 0.717) is 11.5 Å². The van der Waals surface area contributed by atoms with Crippen LogP contribution in [0.1, 0.15) is 49.4 Å². The zero-order valence-electron chi connectivity index (χ0n) is 15.8. The van der Waals surface area contributed by atoms with Crippen LogP contribution in [-0.2, 0) is 9.53 Å². The molecule has 1 aromatic carbocycles. The van der Waals surface area contributed by atoms with Gasteiger partial charge in [0, 0.05) is 4.90 Å². The van der Waals surface area contributed by atoms with Crippen LogP contribution in [0.5, 0.6) is 0 Å². The molecule has 2 rings (SSSR count). The number of aryl methyl sites for hydroxylation is 2. The number of esters is 1. The van der Waals surface area contributed by atoms with Gasteiger partial charge in [-0.2, -0.15) is 0 Å². The predicted octanol–water partition coefficient (Wildman–Crippen LogP) is 5.00. The lowest BCUT2D eigenvalue weighted by Gasteiger charge is -2.17. The first-order valence-corrected chi connectivity index (χ1v) is 9.36. The summed E-state index contributed by atoms with van der Waals surface area (Å²) in [4.78, 5) is 25.4. The number of methoxy groups -OCH3 is 1. The molecule has 0 aliphatic heterocycles. The highest BCUT2D eigenvalue weighted by atomic mass is 32.2. The Bertz CT molecular complexity index is 762. The second-order valence-corrected chi connectivity index (χ2v) is 7.64. The molecule has 1 amide bonds. The van der Waals surface area contributed by atoms with Crippen LogP contribution in [0.3, 0.4) is 0 Å². The van der Waals surface area contributed by atoms with Crippen LogP contribution < -0.4 is 5.32 Å². The van der Waals surface area contributed by atoms with Gasteiger partial charge in [-0.25, -0.2) is 4.79 Å². The third kappa shape index (κ3) is 6.17. The molecule has 148 valence electrons. The minimum absolute atomic E-state index is 0. The number of hydrogen-bond acceptors (Lipinski definition) is 5. The fourth-order valence-corrected chi connectivity index (χ4v) is 3.54. The Morgan fingerprint density at radius 1 is 1.15 bits per heavy atom. The largest absolute Gasteiger partial charge is 0.467 e. The van der Waals surface area contributed by atoms with Crippen molar-refractivity contribution in [2.24, 2.45) is 5.92 Å². The molecule has 5 nitrogen and oxygen atoms in total. The number of carbonyl (C=O) groups is 2. The summed E-state index contributed by atoms with van der Waals surface area (Å²) < 4.78 is 10.4. The summed E-state index contributed by atoms with van der Waals surface area (Å²) in [6.07, 6.45) is 0.503. The lowest BCUT2D eigenvalue weighted by atomic mass is 10.0. The number of nitrogens with one attached hydrogen (secondary N) is 1. The first-order chi connectivity index (χ1) is 12.3. The summed E-state index contributed by atoms with van der Waals surface area (Å²) in [5.74, 6) is -0.458. The van der Waals surface area contributed by atoms with Gasteiger partial charge in [-0.1, -0.05) is 51.2 Å². The molecule has 1 N–H and O–H groups in total. The molecule has 0 aliphatic carbocycles. The lowest BCUT2D eigenvalue weighted by Crippen LogP contribution is -2.42. The fourth-order valence-electron chi connectivity index (χ4n) is 2.61. The van der Waals surface area contributed by atoms with Crippen molar-refractivity contribution in [3.05, 3.63) is 47.2 Å². The summed E-state index contributed by atoms with van der Waals surface area (Å²) in [6.45, 7) is 8.04. The minimum atomic E-state index is -0.688. The van der Waals surface area contributed by atoms with E-state index in [0.717, 1.165) is 16.0 Å². The third-order valence-corrected chi connectivity index (χ3v) is 5.18. The van der Waals surface area contributed by atoms with Gasteiger partial charge in [-0.3, -0.25) is 4.79 Å². The number of benzene rings is 1. The Hall–Kier alpha value is -2.21. The molecule has 0 aliphatic rings. The first-order valence-electron chi connectivity index (χ1n) is 8.54. The van der Waals surface area contributed by atoms with Crippen molar-refractivity contribution in [1.82, 2.24) is 5.32 Å². The molecule has 0 bridgehead atoms. The molecule has 1 aromatic heterocycles. The van der Waals surface area contributed by atoms with E-state index < -0.39 is 17.9 Å². The third-order valence-electron chi connectivity index (χ3n) is 3.91. The Morgan fingerprint density at radius 2 is 1.78 bits per heavy atom. The van der Waals surface area contributed by atoms with Crippen molar-refractivity contribution in [1.29, 1.82) is 0 Å². The zero-order chi connectivity index (χ0) is 19.3. The highest BCUT2D eigenvalue weighted by Gasteiger charge is 2.24. The van der Waals surface area contributed by atoms with Crippen molar-refractivity contribution in [2.45, 2.75) is 57.6 Å². The molecule has 0 spiro atoms. The van der Waals surface area contributed by atoms with E-state index >= 15 is 0 Å². The maximum Gasteiger partial charge on any atom is 0.328 e. The van der Waals surface area contributed by atoms with Crippen LogP contribution in [0.4, 0.5) is 0 Å². The van der Waals surface area contributed by atoms with Crippen molar-refractivity contribution in [2.75, 3.05) is 7.11 Å². The van der Waals surface area contributed by atoms with E-state index in [-0.39, 0.29) is 19.1 Å². The number of ether oxygens (including phenoxy) is 1. The number of hydrogen-bond donors (Lipinski definition) is 1. The summed E-state index contributed by atoms with van der Waals surface area (Å²) in [7, 11) is 1.31. The average molecular weight is 392 g/mol. The first kappa shape index (κ1) is 22.8. The highest BCUT2D eigenvalue weighted by Crippen LogP contribution is 2.33. The van der Waals surface area contributed by atoms with E-state index in [1.165, 1.54) is 18.9 Å². The number of carbonyl (C=O) groups excluding carboxylic acids is 2. The van der Waals surface area contributed by atoms with Gasteiger partial charge in [0.2, 0.25) is 0 Å². The minimum Gasteiger partial charge on any atom is -0.467 e. The Morgan fingerprint density at radius 3 is 2.33 bits per heavy atom. The summed E-state index contributed by atoms with van der Waals surface area (Å²) in [5, 5.41) is 3.33. The number of rotatable bonds is 7. The second kappa shape index (κ2) is 10.2. The molecular formula is C21H29NO4S. The molecule has 27 heavy (non-hydrogen) atoms. The van der Waals surface area contributed by atoms with Gasteiger partial charge in [0.25, 0.3) is 5.91 Å². The fraction of sp³-hybridized carbons (Fsp3) is 0.429. The van der Waals surface area contributed by atoms with Crippen LogP contribution in [0.2, 0.25) is 0 Å². The topological polar surface area (TPSA) is 68.5 Å². The van der Waals surface area contributed by atoms with Crippen LogP contribution >= 0.6 is 11.8 Å². The molecule has 0 saturated heterocycles. The normalized spacial score (nSPS) is 11.6. The SMILES string of the molecule is C.COC(=O)C(CC(C)C)NC(=O)c1ccc(Sc2c(C)cccc2C)o1. The number of amides is 1. The molecule has 0 saturated carbocycles. The van der Waals surface area contributed by atoms with Gasteiger partial charge in [-0.15, -0.1) is 0 Å². The quantitative estimate of drug-likeness (QED) is 0.673. The van der Waals surface area contributed by atoms with Gasteiger partial charge in [0.1, 0.15) is 6.04 Å². The van der Waals surface area contributed by atoms with Crippen LogP contribution in [0, 0.1) is 19.8 Å². The van der Waals surface area contributed by atoms with Crippen molar-refractivity contribution in [3.8, 4) is 0 Å². The predicted molar refractivity (Wildman–Crippen MR) is 108 cm³/mol. The Balaban J connectivity index is 0.00000364. The summed E-state index contributed by atoms with van der Waals surface area (Å²) >= 11 is 1.48. The van der Waals surface area contributed by atoms with Gasteiger partial charge >= 0.3 is 5.97 Å². The van der Waals surface area contributed by atoms with Gasteiger partial charge in [0.15, 0.2) is 10.9 Å². The molecule has 1 unspecified atom stereocenters. The Labute approximate surface area is 165 Å². The van der Waals surface area contributed by atoms with Crippen LogP contribution in [0.15, 0.2) is 44.7 Å². The van der Waals surface area contributed by atoms with E-state index in [9.17, 15) is 9.59 Å². The van der Waals surface area contributed by atoms with Crippen molar-refractivity contribution >= 4 is 23.6 Å². The molecular weight excluding hydrogens is 362 g/mol. The van der Waals surface area contributed by atoms with E-state index in [1.54, 1.807) is 12.1 Å². The maximum absolute atomic E-state index is 12.4. The van der Waals surface area contributed by atoms with Crippen LogP contribution in [-0.4, -0.2) is 25.0 Å². The molecule has 1 heterocycles. The molecule has 2 aromatic rings. The average Bonchev–Trinajstić information content (AvgIpc) is 3.05. The Kier molecular flexibility index (Phi) is 8.63. The molecule has 6 heteroatoms. The smallest absolute Gasteiger partial charge is 0.328 e. The molecule has 0 fully saturated rings. The summed E-state index contributed by atoms with van der Waals surface area (Å²) in [5.41, 5.74) is 2.31. The van der Waals surface area contributed by atoms with E-state index in [2.05, 4.69) is 5.32 Å². The van der Waals surface area contributed by atoms with Crippen molar-refractivity contribution in [3.63, 3.8) is 0 Å². The van der Waals surface area contributed by atoms with Gasteiger partial charge in [-0.05, 0) is 49.4 Å².